The lowest BCUT2D eigenvalue weighted by molar-refractivity contribution is 0.0751. The molecule has 1 aliphatic rings. The summed E-state index contributed by atoms with van der Waals surface area (Å²) in [5, 5.41) is 4.11. The van der Waals surface area contributed by atoms with Crippen molar-refractivity contribution in [3.05, 3.63) is 77.2 Å². The normalized spacial score (nSPS) is 14.1. The highest BCUT2D eigenvalue weighted by Gasteiger charge is 2.24. The van der Waals surface area contributed by atoms with Crippen LogP contribution < -0.4 is 4.90 Å². The molecule has 2 aromatic heterocycles. The summed E-state index contributed by atoms with van der Waals surface area (Å²) < 4.78 is 5.43. The Balaban J connectivity index is 1.26. The predicted octanol–water partition coefficient (Wildman–Crippen LogP) is 4.74. The lowest BCUT2D eigenvalue weighted by atomic mass is 10.1. The summed E-state index contributed by atoms with van der Waals surface area (Å²) in [5.41, 5.74) is 3.26. The van der Waals surface area contributed by atoms with Gasteiger partial charge in [-0.15, -0.1) is 11.3 Å². The standard InChI is InChI=1S/C24H22N4O2S/c1-17-7-9-18(10-8-17)23-25-22(26-30-23)20-11-12-21(31-20)24(29)28-15-13-27(14-16-28)19-5-3-2-4-6-19/h2-12H,13-16H2,1H3. The predicted molar refractivity (Wildman–Crippen MR) is 122 cm³/mol. The van der Waals surface area contributed by atoms with Gasteiger partial charge in [0, 0.05) is 37.4 Å². The Bertz CT molecular complexity index is 1180. The summed E-state index contributed by atoms with van der Waals surface area (Å²) in [6.45, 7) is 5.12. The van der Waals surface area contributed by atoms with E-state index in [4.69, 9.17) is 4.52 Å². The third-order valence-electron chi connectivity index (χ3n) is 5.45. The van der Waals surface area contributed by atoms with Crippen molar-refractivity contribution >= 4 is 22.9 Å². The zero-order valence-electron chi connectivity index (χ0n) is 17.2. The highest BCUT2D eigenvalue weighted by Crippen LogP contribution is 2.29. The third kappa shape index (κ3) is 4.09. The molecule has 0 saturated carbocycles. The van der Waals surface area contributed by atoms with Crippen molar-refractivity contribution in [2.45, 2.75) is 6.92 Å². The molecule has 0 spiro atoms. The number of amides is 1. The molecular weight excluding hydrogens is 408 g/mol. The van der Waals surface area contributed by atoms with E-state index in [9.17, 15) is 4.79 Å². The second-order valence-electron chi connectivity index (χ2n) is 7.57. The molecule has 6 nitrogen and oxygen atoms in total. The molecule has 1 saturated heterocycles. The van der Waals surface area contributed by atoms with Gasteiger partial charge in [-0.25, -0.2) is 0 Å². The molecule has 3 heterocycles. The van der Waals surface area contributed by atoms with Gasteiger partial charge in [0.1, 0.15) is 0 Å². The Morgan fingerprint density at radius 2 is 1.68 bits per heavy atom. The van der Waals surface area contributed by atoms with Crippen LogP contribution in [0.2, 0.25) is 0 Å². The Morgan fingerprint density at radius 3 is 2.42 bits per heavy atom. The van der Waals surface area contributed by atoms with E-state index in [1.165, 1.54) is 22.6 Å². The number of nitrogens with zero attached hydrogens (tertiary/aromatic N) is 4. The number of hydrogen-bond donors (Lipinski definition) is 0. The number of thiophene rings is 1. The van der Waals surface area contributed by atoms with Crippen LogP contribution >= 0.6 is 11.3 Å². The maximum atomic E-state index is 13.0. The minimum atomic E-state index is 0.0613. The van der Waals surface area contributed by atoms with Crippen molar-refractivity contribution in [3.8, 4) is 22.2 Å². The molecule has 0 N–H and O–H groups in total. The maximum Gasteiger partial charge on any atom is 0.264 e. The number of benzene rings is 2. The minimum absolute atomic E-state index is 0.0613. The van der Waals surface area contributed by atoms with E-state index in [1.54, 1.807) is 0 Å². The van der Waals surface area contributed by atoms with Crippen LogP contribution in [0.4, 0.5) is 5.69 Å². The zero-order valence-corrected chi connectivity index (χ0v) is 18.0. The lowest BCUT2D eigenvalue weighted by Crippen LogP contribution is -2.48. The van der Waals surface area contributed by atoms with Crippen LogP contribution in [0.5, 0.6) is 0 Å². The Kier molecular flexibility index (Phi) is 5.26. The second-order valence-corrected chi connectivity index (χ2v) is 8.65. The molecular formula is C24H22N4O2S. The fraction of sp³-hybridized carbons (Fsp3) is 0.208. The molecule has 1 fully saturated rings. The lowest BCUT2D eigenvalue weighted by Gasteiger charge is -2.35. The van der Waals surface area contributed by atoms with Gasteiger partial charge in [0.2, 0.25) is 5.82 Å². The van der Waals surface area contributed by atoms with Crippen molar-refractivity contribution in [1.29, 1.82) is 0 Å². The van der Waals surface area contributed by atoms with Gasteiger partial charge in [-0.05, 0) is 43.3 Å². The van der Waals surface area contributed by atoms with E-state index in [2.05, 4.69) is 27.2 Å². The molecule has 2 aromatic carbocycles. The fourth-order valence-corrected chi connectivity index (χ4v) is 4.57. The average Bonchev–Trinajstić information content (AvgIpc) is 3.50. The highest BCUT2D eigenvalue weighted by molar-refractivity contribution is 7.17. The van der Waals surface area contributed by atoms with E-state index in [-0.39, 0.29) is 5.91 Å². The van der Waals surface area contributed by atoms with Crippen molar-refractivity contribution in [2.75, 3.05) is 31.1 Å². The van der Waals surface area contributed by atoms with Crippen LogP contribution in [0.25, 0.3) is 22.2 Å². The SMILES string of the molecule is Cc1ccc(-c2nc(-c3ccc(C(=O)N4CCN(c5ccccc5)CC4)s3)no2)cc1. The number of aryl methyl sites for hydroxylation is 1. The molecule has 1 aliphatic heterocycles. The van der Waals surface area contributed by atoms with Crippen LogP contribution in [-0.2, 0) is 0 Å². The van der Waals surface area contributed by atoms with E-state index in [0.29, 0.717) is 29.7 Å². The summed E-state index contributed by atoms with van der Waals surface area (Å²) in [5.74, 6) is 1.05. The fourth-order valence-electron chi connectivity index (χ4n) is 3.67. The molecule has 0 atom stereocenters. The van der Waals surface area contributed by atoms with Crippen LogP contribution in [0.1, 0.15) is 15.2 Å². The van der Waals surface area contributed by atoms with Gasteiger partial charge in [0.15, 0.2) is 0 Å². The van der Waals surface area contributed by atoms with Crippen LogP contribution in [0.15, 0.2) is 71.3 Å². The second kappa shape index (κ2) is 8.35. The Labute approximate surface area is 184 Å². The molecule has 0 radical (unpaired) electrons. The van der Waals surface area contributed by atoms with Crippen molar-refractivity contribution < 1.29 is 9.32 Å². The van der Waals surface area contributed by atoms with E-state index >= 15 is 0 Å². The van der Waals surface area contributed by atoms with Gasteiger partial charge >= 0.3 is 0 Å². The first-order valence-electron chi connectivity index (χ1n) is 10.3. The van der Waals surface area contributed by atoms with E-state index < -0.39 is 0 Å². The monoisotopic (exact) mass is 430 g/mol. The van der Waals surface area contributed by atoms with E-state index in [0.717, 1.165) is 23.5 Å². The van der Waals surface area contributed by atoms with E-state index in [1.807, 2.05) is 66.4 Å². The minimum Gasteiger partial charge on any atom is -0.368 e. The number of anilines is 1. The van der Waals surface area contributed by atoms with Gasteiger partial charge in [0.05, 0.1) is 9.75 Å². The van der Waals surface area contributed by atoms with Crippen LogP contribution in [-0.4, -0.2) is 47.1 Å². The average molecular weight is 431 g/mol. The van der Waals surface area contributed by atoms with Gasteiger partial charge in [-0.2, -0.15) is 4.98 Å². The first-order valence-corrected chi connectivity index (χ1v) is 11.1. The molecule has 0 bridgehead atoms. The number of carbonyl (C=O) groups excluding carboxylic acids is 1. The van der Waals surface area contributed by atoms with Gasteiger partial charge in [-0.1, -0.05) is 41.1 Å². The molecule has 4 aromatic rings. The third-order valence-corrected chi connectivity index (χ3v) is 6.52. The molecule has 0 unspecified atom stereocenters. The van der Waals surface area contributed by atoms with Crippen molar-refractivity contribution in [3.63, 3.8) is 0 Å². The van der Waals surface area contributed by atoms with Crippen molar-refractivity contribution in [1.82, 2.24) is 15.0 Å². The summed E-state index contributed by atoms with van der Waals surface area (Å²) >= 11 is 1.41. The number of piperazine rings is 1. The molecule has 0 aliphatic carbocycles. The van der Waals surface area contributed by atoms with Gasteiger partial charge in [0.25, 0.3) is 11.8 Å². The molecule has 1 amide bonds. The Morgan fingerprint density at radius 1 is 0.935 bits per heavy atom. The zero-order chi connectivity index (χ0) is 21.2. The highest BCUT2D eigenvalue weighted by atomic mass is 32.1. The van der Waals surface area contributed by atoms with Gasteiger partial charge < -0.3 is 14.3 Å². The van der Waals surface area contributed by atoms with Gasteiger partial charge in [-0.3, -0.25) is 4.79 Å². The molecule has 7 heteroatoms. The largest absolute Gasteiger partial charge is 0.368 e. The number of hydrogen-bond acceptors (Lipinski definition) is 6. The molecule has 5 rings (SSSR count). The smallest absolute Gasteiger partial charge is 0.264 e. The summed E-state index contributed by atoms with van der Waals surface area (Å²) in [6, 6.07) is 22.0. The molecule has 31 heavy (non-hydrogen) atoms. The first kappa shape index (κ1) is 19.5. The topological polar surface area (TPSA) is 62.5 Å². The summed E-state index contributed by atoms with van der Waals surface area (Å²) in [4.78, 5) is 23.3. The number of carbonyl (C=O) groups is 1. The summed E-state index contributed by atoms with van der Waals surface area (Å²) in [7, 11) is 0. The number of para-hydroxylation sites is 1. The summed E-state index contributed by atoms with van der Waals surface area (Å²) in [6.07, 6.45) is 0. The van der Waals surface area contributed by atoms with Crippen LogP contribution in [0.3, 0.4) is 0 Å². The number of aromatic nitrogens is 2. The van der Waals surface area contributed by atoms with Crippen LogP contribution in [0, 0.1) is 6.92 Å². The molecule has 156 valence electrons. The quantitative estimate of drug-likeness (QED) is 0.468. The van der Waals surface area contributed by atoms with Crippen molar-refractivity contribution in [2.24, 2.45) is 0 Å². The number of rotatable bonds is 4. The first-order chi connectivity index (χ1) is 15.2. The Hall–Kier alpha value is -3.45. The maximum absolute atomic E-state index is 13.0.